The molecule has 3 heterocycles. The van der Waals surface area contributed by atoms with Gasteiger partial charge in [-0.25, -0.2) is 0 Å². The fraction of sp³-hybridized carbons (Fsp3) is 0.333. The second kappa shape index (κ2) is 7.96. The number of para-hydroxylation sites is 1. The Kier molecular flexibility index (Phi) is 5.25. The Hall–Kier alpha value is -2.60. The van der Waals surface area contributed by atoms with Gasteiger partial charge >= 0.3 is 0 Å². The highest BCUT2D eigenvalue weighted by molar-refractivity contribution is 7.12. The molecular formula is C21H23N3O2S. The van der Waals surface area contributed by atoms with Gasteiger partial charge in [0.1, 0.15) is 6.04 Å². The number of hydrogen-bond acceptors (Lipinski definition) is 3. The van der Waals surface area contributed by atoms with Crippen LogP contribution in [-0.4, -0.2) is 40.8 Å². The number of nitrogens with zero attached hydrogens (tertiary/aromatic N) is 1. The number of likely N-dealkylation sites (tertiary alicyclic amines) is 1. The van der Waals surface area contributed by atoms with Gasteiger partial charge in [-0.1, -0.05) is 24.3 Å². The zero-order valence-corrected chi connectivity index (χ0v) is 15.9. The molecule has 1 saturated heterocycles. The summed E-state index contributed by atoms with van der Waals surface area (Å²) in [6.45, 7) is 1.55. The Morgan fingerprint density at radius 3 is 2.70 bits per heavy atom. The second-order valence-electron chi connectivity index (χ2n) is 6.95. The van der Waals surface area contributed by atoms with Crippen molar-refractivity contribution in [2.45, 2.75) is 31.7 Å². The number of benzene rings is 1. The zero-order valence-electron chi connectivity index (χ0n) is 15.1. The van der Waals surface area contributed by atoms with Crippen LogP contribution in [0.3, 0.4) is 0 Å². The first-order valence-corrected chi connectivity index (χ1v) is 10.3. The number of nitrogens with one attached hydrogen (secondary N) is 2. The Morgan fingerprint density at radius 2 is 1.93 bits per heavy atom. The molecule has 140 valence electrons. The molecule has 3 aromatic rings. The first-order valence-electron chi connectivity index (χ1n) is 9.40. The Balaban J connectivity index is 1.58. The van der Waals surface area contributed by atoms with Crippen LogP contribution >= 0.6 is 11.3 Å². The fourth-order valence-electron chi connectivity index (χ4n) is 3.69. The highest BCUT2D eigenvalue weighted by atomic mass is 32.1. The van der Waals surface area contributed by atoms with Crippen molar-refractivity contribution in [1.82, 2.24) is 15.2 Å². The molecule has 1 aromatic carbocycles. The van der Waals surface area contributed by atoms with E-state index in [1.807, 2.05) is 46.8 Å². The minimum atomic E-state index is -0.558. The van der Waals surface area contributed by atoms with Crippen molar-refractivity contribution in [2.24, 2.45) is 0 Å². The molecule has 4 rings (SSSR count). The summed E-state index contributed by atoms with van der Waals surface area (Å²) >= 11 is 1.39. The molecule has 1 aliphatic rings. The second-order valence-corrected chi connectivity index (χ2v) is 7.90. The third kappa shape index (κ3) is 3.90. The van der Waals surface area contributed by atoms with Crippen molar-refractivity contribution in [3.05, 3.63) is 58.4 Å². The van der Waals surface area contributed by atoms with Gasteiger partial charge in [-0.3, -0.25) is 9.59 Å². The smallest absolute Gasteiger partial charge is 0.262 e. The molecule has 1 atom stereocenters. The van der Waals surface area contributed by atoms with Crippen LogP contribution in [-0.2, 0) is 11.2 Å². The standard InChI is InChI=1S/C21H23N3O2S/c25-20(19-9-6-12-27-19)23-18(21(26)24-10-4-1-5-11-24)13-15-14-22-17-8-3-2-7-16(15)17/h2-3,6-9,12,14,18,22H,1,4-5,10-11,13H2,(H,23,25)/t18-/m0/s1. The van der Waals surface area contributed by atoms with Crippen molar-refractivity contribution in [1.29, 1.82) is 0 Å². The molecule has 0 saturated carbocycles. The quantitative estimate of drug-likeness (QED) is 0.709. The van der Waals surface area contributed by atoms with Crippen LogP contribution in [0, 0.1) is 0 Å². The van der Waals surface area contributed by atoms with Crippen LogP contribution in [0.2, 0.25) is 0 Å². The van der Waals surface area contributed by atoms with Crippen molar-refractivity contribution in [2.75, 3.05) is 13.1 Å². The third-order valence-corrected chi connectivity index (χ3v) is 5.98. The number of hydrogen-bond donors (Lipinski definition) is 2. The molecule has 0 radical (unpaired) electrons. The molecule has 0 unspecified atom stereocenters. The number of rotatable bonds is 5. The van der Waals surface area contributed by atoms with Crippen LogP contribution in [0.15, 0.2) is 48.0 Å². The summed E-state index contributed by atoms with van der Waals surface area (Å²) in [6.07, 6.45) is 5.65. The van der Waals surface area contributed by atoms with Crippen molar-refractivity contribution in [3.8, 4) is 0 Å². The largest absolute Gasteiger partial charge is 0.361 e. The lowest BCUT2D eigenvalue weighted by atomic mass is 10.0. The van der Waals surface area contributed by atoms with E-state index in [9.17, 15) is 9.59 Å². The lowest BCUT2D eigenvalue weighted by molar-refractivity contribution is -0.134. The van der Waals surface area contributed by atoms with Gasteiger partial charge in [0.2, 0.25) is 5.91 Å². The predicted molar refractivity (Wildman–Crippen MR) is 108 cm³/mol. The summed E-state index contributed by atoms with van der Waals surface area (Å²) in [7, 11) is 0. The Morgan fingerprint density at radius 1 is 1.11 bits per heavy atom. The molecule has 1 aliphatic heterocycles. The van der Waals surface area contributed by atoms with Gasteiger partial charge in [-0.05, 0) is 42.3 Å². The van der Waals surface area contributed by atoms with Gasteiger partial charge in [0.05, 0.1) is 4.88 Å². The van der Waals surface area contributed by atoms with Crippen LogP contribution in [0.25, 0.3) is 10.9 Å². The predicted octanol–water partition coefficient (Wildman–Crippen LogP) is 3.58. The van der Waals surface area contributed by atoms with Crippen LogP contribution in [0.5, 0.6) is 0 Å². The molecule has 27 heavy (non-hydrogen) atoms. The van der Waals surface area contributed by atoms with E-state index >= 15 is 0 Å². The number of fused-ring (bicyclic) bond motifs is 1. The van der Waals surface area contributed by atoms with E-state index in [2.05, 4.69) is 10.3 Å². The monoisotopic (exact) mass is 381 g/mol. The van der Waals surface area contributed by atoms with E-state index in [1.165, 1.54) is 17.8 Å². The lowest BCUT2D eigenvalue weighted by Crippen LogP contribution is -2.50. The molecule has 6 heteroatoms. The molecule has 0 bridgehead atoms. The first kappa shape index (κ1) is 17.8. The number of piperidine rings is 1. The van der Waals surface area contributed by atoms with E-state index in [4.69, 9.17) is 0 Å². The van der Waals surface area contributed by atoms with Crippen LogP contribution in [0.1, 0.15) is 34.5 Å². The Bertz CT molecular complexity index is 926. The minimum absolute atomic E-state index is 0.0184. The topological polar surface area (TPSA) is 65.2 Å². The van der Waals surface area contributed by atoms with Crippen molar-refractivity contribution < 1.29 is 9.59 Å². The summed E-state index contributed by atoms with van der Waals surface area (Å²) < 4.78 is 0. The maximum atomic E-state index is 13.2. The lowest BCUT2D eigenvalue weighted by Gasteiger charge is -2.30. The SMILES string of the molecule is O=C(N[C@@H](Cc1c[nH]c2ccccc12)C(=O)N1CCCCC1)c1cccs1. The maximum Gasteiger partial charge on any atom is 0.262 e. The number of aromatic amines is 1. The molecule has 0 spiro atoms. The zero-order chi connectivity index (χ0) is 18.6. The number of carbonyl (C=O) groups is 2. The van der Waals surface area contributed by atoms with Gasteiger partial charge in [-0.15, -0.1) is 11.3 Å². The summed E-state index contributed by atoms with van der Waals surface area (Å²) in [6, 6.07) is 11.1. The number of amides is 2. The van der Waals surface area contributed by atoms with Crippen molar-refractivity contribution >= 4 is 34.1 Å². The molecule has 2 N–H and O–H groups in total. The molecule has 2 aromatic heterocycles. The molecular weight excluding hydrogens is 358 g/mol. The molecule has 1 fully saturated rings. The summed E-state index contributed by atoms with van der Waals surface area (Å²) in [5.74, 6) is -0.162. The third-order valence-electron chi connectivity index (χ3n) is 5.12. The van der Waals surface area contributed by atoms with Gasteiger partial charge in [0, 0.05) is 36.6 Å². The number of aromatic nitrogens is 1. The summed E-state index contributed by atoms with van der Waals surface area (Å²) in [5, 5.41) is 5.95. The average molecular weight is 382 g/mol. The van der Waals surface area contributed by atoms with Crippen LogP contribution < -0.4 is 5.32 Å². The highest BCUT2D eigenvalue weighted by Crippen LogP contribution is 2.21. The molecule has 0 aliphatic carbocycles. The van der Waals surface area contributed by atoms with E-state index in [0.29, 0.717) is 11.3 Å². The summed E-state index contributed by atoms with van der Waals surface area (Å²) in [4.78, 5) is 31.6. The number of thiophene rings is 1. The molecule has 5 nitrogen and oxygen atoms in total. The average Bonchev–Trinajstić information content (AvgIpc) is 3.38. The highest BCUT2D eigenvalue weighted by Gasteiger charge is 2.28. The normalized spacial score (nSPS) is 15.6. The van der Waals surface area contributed by atoms with Gasteiger partial charge < -0.3 is 15.2 Å². The Labute approximate surface area is 162 Å². The maximum absolute atomic E-state index is 13.2. The van der Waals surface area contributed by atoms with Crippen LogP contribution in [0.4, 0.5) is 0 Å². The first-order chi connectivity index (χ1) is 13.2. The van der Waals surface area contributed by atoms with Gasteiger partial charge in [0.25, 0.3) is 5.91 Å². The van der Waals surface area contributed by atoms with Gasteiger partial charge in [0.15, 0.2) is 0 Å². The molecule has 2 amide bonds. The minimum Gasteiger partial charge on any atom is -0.361 e. The van der Waals surface area contributed by atoms with E-state index in [0.717, 1.165) is 42.4 Å². The van der Waals surface area contributed by atoms with E-state index < -0.39 is 6.04 Å². The number of carbonyl (C=O) groups excluding carboxylic acids is 2. The summed E-state index contributed by atoms with van der Waals surface area (Å²) in [5.41, 5.74) is 2.09. The van der Waals surface area contributed by atoms with E-state index in [-0.39, 0.29) is 11.8 Å². The number of H-pyrrole nitrogens is 1. The van der Waals surface area contributed by atoms with Gasteiger partial charge in [-0.2, -0.15) is 0 Å². The van der Waals surface area contributed by atoms with Crippen molar-refractivity contribution in [3.63, 3.8) is 0 Å². The fourth-order valence-corrected chi connectivity index (χ4v) is 4.32. The van der Waals surface area contributed by atoms with E-state index in [1.54, 1.807) is 6.07 Å².